The molecule has 0 spiro atoms. The topological polar surface area (TPSA) is 131 Å². The molecule has 2 aromatic carbocycles. The van der Waals surface area contributed by atoms with E-state index in [4.69, 9.17) is 10.5 Å². The van der Waals surface area contributed by atoms with E-state index in [1.54, 1.807) is 18.2 Å². The van der Waals surface area contributed by atoms with Crippen LogP contribution >= 0.6 is 0 Å². The first-order chi connectivity index (χ1) is 15.6. The van der Waals surface area contributed by atoms with E-state index in [0.717, 1.165) is 18.4 Å². The highest BCUT2D eigenvalue weighted by Crippen LogP contribution is 2.22. The molecule has 9 nitrogen and oxygen atoms in total. The maximum absolute atomic E-state index is 12.3. The van der Waals surface area contributed by atoms with E-state index in [0.29, 0.717) is 30.3 Å². The molecule has 4 rings (SSSR count). The SMILES string of the molecule is NC(=O)c1cnc(Nc2cccc(NC(=O)C3CCCO3)c2)nc1NCc1ccccc1. The summed E-state index contributed by atoms with van der Waals surface area (Å²) in [4.78, 5) is 32.7. The molecule has 1 aromatic heterocycles. The number of nitrogens with one attached hydrogen (secondary N) is 3. The fourth-order valence-corrected chi connectivity index (χ4v) is 3.35. The molecule has 1 atom stereocenters. The van der Waals surface area contributed by atoms with Crippen molar-refractivity contribution in [2.24, 2.45) is 5.73 Å². The number of rotatable bonds is 8. The molecular formula is C23H24N6O3. The molecule has 32 heavy (non-hydrogen) atoms. The quantitative estimate of drug-likeness (QED) is 0.430. The van der Waals surface area contributed by atoms with Crippen LogP contribution in [0.4, 0.5) is 23.1 Å². The number of benzene rings is 2. The number of amides is 2. The Balaban J connectivity index is 1.47. The first-order valence-electron chi connectivity index (χ1n) is 10.3. The molecular weight excluding hydrogens is 408 g/mol. The van der Waals surface area contributed by atoms with Gasteiger partial charge in [0.1, 0.15) is 11.9 Å². The van der Waals surface area contributed by atoms with E-state index < -0.39 is 12.0 Å². The zero-order valence-corrected chi connectivity index (χ0v) is 17.4. The van der Waals surface area contributed by atoms with Crippen LogP contribution in [0.15, 0.2) is 60.8 Å². The minimum Gasteiger partial charge on any atom is -0.368 e. The maximum Gasteiger partial charge on any atom is 0.254 e. The summed E-state index contributed by atoms with van der Waals surface area (Å²) >= 11 is 0. The summed E-state index contributed by atoms with van der Waals surface area (Å²) < 4.78 is 5.42. The normalized spacial score (nSPS) is 15.2. The third-order valence-electron chi connectivity index (χ3n) is 4.97. The third kappa shape index (κ3) is 5.38. The van der Waals surface area contributed by atoms with E-state index in [9.17, 15) is 9.59 Å². The number of hydrogen-bond donors (Lipinski definition) is 4. The van der Waals surface area contributed by atoms with Gasteiger partial charge in [0.05, 0.1) is 5.56 Å². The van der Waals surface area contributed by atoms with Gasteiger partial charge >= 0.3 is 0 Å². The second kappa shape index (κ2) is 9.88. The van der Waals surface area contributed by atoms with E-state index >= 15 is 0 Å². The van der Waals surface area contributed by atoms with Crippen LogP contribution in [0.3, 0.4) is 0 Å². The van der Waals surface area contributed by atoms with Crippen LogP contribution in [0.2, 0.25) is 0 Å². The standard InChI is InChI=1S/C23H24N6O3/c24-20(30)18-14-26-23(29-21(18)25-13-15-6-2-1-3-7-15)28-17-9-4-8-16(12-17)27-22(31)19-10-5-11-32-19/h1-4,6-9,12,14,19H,5,10-11,13H2,(H2,24,30)(H,27,31)(H2,25,26,28,29). The summed E-state index contributed by atoms with van der Waals surface area (Å²) in [5.74, 6) is -0.157. The lowest BCUT2D eigenvalue weighted by Gasteiger charge is -2.13. The summed E-state index contributed by atoms with van der Waals surface area (Å²) in [6, 6.07) is 16.9. The van der Waals surface area contributed by atoms with Crippen LogP contribution in [0.5, 0.6) is 0 Å². The number of hydrogen-bond acceptors (Lipinski definition) is 7. The molecule has 164 valence electrons. The van der Waals surface area contributed by atoms with Crippen LogP contribution in [-0.4, -0.2) is 34.5 Å². The molecule has 1 fully saturated rings. The second-order valence-corrected chi connectivity index (χ2v) is 7.36. The van der Waals surface area contributed by atoms with Crippen LogP contribution in [0, 0.1) is 0 Å². The average Bonchev–Trinajstić information content (AvgIpc) is 3.34. The van der Waals surface area contributed by atoms with Gasteiger partial charge in [0.15, 0.2) is 0 Å². The molecule has 0 aliphatic carbocycles. The third-order valence-corrected chi connectivity index (χ3v) is 4.97. The van der Waals surface area contributed by atoms with Crippen molar-refractivity contribution >= 4 is 35.0 Å². The number of nitrogens with zero attached hydrogens (tertiary/aromatic N) is 2. The van der Waals surface area contributed by atoms with E-state index in [-0.39, 0.29) is 17.4 Å². The van der Waals surface area contributed by atoms with Crippen molar-refractivity contribution in [3.8, 4) is 0 Å². The van der Waals surface area contributed by atoms with Crippen molar-refractivity contribution in [3.05, 3.63) is 71.9 Å². The number of carbonyl (C=O) groups excluding carboxylic acids is 2. The lowest BCUT2D eigenvalue weighted by molar-refractivity contribution is -0.124. The van der Waals surface area contributed by atoms with Crippen molar-refractivity contribution in [2.45, 2.75) is 25.5 Å². The summed E-state index contributed by atoms with van der Waals surface area (Å²) in [5.41, 5.74) is 8.01. The molecule has 1 aliphatic heterocycles. The van der Waals surface area contributed by atoms with E-state index in [1.807, 2.05) is 36.4 Å². The molecule has 2 amide bonds. The molecule has 0 radical (unpaired) electrons. The number of anilines is 4. The Hall–Kier alpha value is -3.98. The number of aromatic nitrogens is 2. The van der Waals surface area contributed by atoms with Gasteiger partial charge in [-0.05, 0) is 36.6 Å². The highest BCUT2D eigenvalue weighted by molar-refractivity contribution is 5.97. The predicted molar refractivity (Wildman–Crippen MR) is 122 cm³/mol. The lowest BCUT2D eigenvalue weighted by atomic mass is 10.2. The van der Waals surface area contributed by atoms with Gasteiger partial charge in [0, 0.05) is 30.7 Å². The van der Waals surface area contributed by atoms with Gasteiger partial charge in [-0.2, -0.15) is 4.98 Å². The van der Waals surface area contributed by atoms with Crippen molar-refractivity contribution in [2.75, 3.05) is 22.6 Å². The average molecular weight is 432 g/mol. The van der Waals surface area contributed by atoms with Crippen molar-refractivity contribution < 1.29 is 14.3 Å². The molecule has 5 N–H and O–H groups in total. The predicted octanol–water partition coefficient (Wildman–Crippen LogP) is 3.05. The molecule has 2 heterocycles. The number of nitrogens with two attached hydrogens (primary N) is 1. The smallest absolute Gasteiger partial charge is 0.254 e. The first kappa shape index (κ1) is 21.3. The van der Waals surface area contributed by atoms with Crippen molar-refractivity contribution in [1.29, 1.82) is 0 Å². The Kier molecular flexibility index (Phi) is 6.57. The Morgan fingerprint density at radius 1 is 1.09 bits per heavy atom. The molecule has 9 heteroatoms. The summed E-state index contributed by atoms with van der Waals surface area (Å²) in [7, 11) is 0. The Morgan fingerprint density at radius 3 is 2.66 bits per heavy atom. The fourth-order valence-electron chi connectivity index (χ4n) is 3.35. The summed E-state index contributed by atoms with van der Waals surface area (Å²) in [6.07, 6.45) is 2.59. The number of primary amides is 1. The highest BCUT2D eigenvalue weighted by atomic mass is 16.5. The summed E-state index contributed by atoms with van der Waals surface area (Å²) in [5, 5.41) is 9.10. The minimum absolute atomic E-state index is 0.158. The number of carbonyl (C=O) groups is 2. The Bertz CT molecular complexity index is 1100. The summed E-state index contributed by atoms with van der Waals surface area (Å²) in [6.45, 7) is 1.08. The Morgan fingerprint density at radius 2 is 1.91 bits per heavy atom. The molecule has 1 saturated heterocycles. The van der Waals surface area contributed by atoms with Crippen molar-refractivity contribution in [1.82, 2.24) is 9.97 Å². The fraction of sp³-hybridized carbons (Fsp3) is 0.217. The largest absolute Gasteiger partial charge is 0.368 e. The van der Waals surface area contributed by atoms with Crippen LogP contribution in [0.1, 0.15) is 28.8 Å². The lowest BCUT2D eigenvalue weighted by Crippen LogP contribution is -2.26. The zero-order chi connectivity index (χ0) is 22.3. The molecule has 3 aromatic rings. The number of ether oxygens (including phenoxy) is 1. The van der Waals surface area contributed by atoms with Crippen LogP contribution < -0.4 is 21.7 Å². The zero-order valence-electron chi connectivity index (χ0n) is 17.4. The minimum atomic E-state index is -0.619. The van der Waals surface area contributed by atoms with Gasteiger partial charge in [0.25, 0.3) is 11.8 Å². The van der Waals surface area contributed by atoms with Crippen LogP contribution in [0.25, 0.3) is 0 Å². The van der Waals surface area contributed by atoms with Crippen LogP contribution in [-0.2, 0) is 16.1 Å². The highest BCUT2D eigenvalue weighted by Gasteiger charge is 2.23. The molecule has 0 saturated carbocycles. The van der Waals surface area contributed by atoms with E-state index in [2.05, 4.69) is 25.9 Å². The second-order valence-electron chi connectivity index (χ2n) is 7.36. The van der Waals surface area contributed by atoms with E-state index in [1.165, 1.54) is 6.20 Å². The molecule has 1 aliphatic rings. The molecule has 0 bridgehead atoms. The first-order valence-corrected chi connectivity index (χ1v) is 10.3. The van der Waals surface area contributed by atoms with Gasteiger partial charge in [-0.15, -0.1) is 0 Å². The van der Waals surface area contributed by atoms with Gasteiger partial charge in [-0.25, -0.2) is 4.98 Å². The Labute approximate surface area is 185 Å². The maximum atomic E-state index is 12.3. The van der Waals surface area contributed by atoms with Gasteiger partial charge in [0.2, 0.25) is 5.95 Å². The van der Waals surface area contributed by atoms with Gasteiger partial charge in [-0.3, -0.25) is 9.59 Å². The van der Waals surface area contributed by atoms with Gasteiger partial charge in [-0.1, -0.05) is 36.4 Å². The van der Waals surface area contributed by atoms with Crippen molar-refractivity contribution in [3.63, 3.8) is 0 Å². The monoisotopic (exact) mass is 432 g/mol. The van der Waals surface area contributed by atoms with Gasteiger partial charge < -0.3 is 26.4 Å². The molecule has 1 unspecified atom stereocenters.